The van der Waals surface area contributed by atoms with Crippen LogP contribution in [0, 0.1) is 10.1 Å². The Morgan fingerprint density at radius 3 is 2.69 bits per heavy atom. The van der Waals surface area contributed by atoms with E-state index in [4.69, 9.17) is 11.6 Å². The van der Waals surface area contributed by atoms with Crippen LogP contribution in [0.1, 0.15) is 15.9 Å². The zero-order valence-corrected chi connectivity index (χ0v) is 9.10. The molecule has 0 heterocycles. The molecule has 5 nitrogen and oxygen atoms in total. The molecule has 0 saturated heterocycles. The van der Waals surface area contributed by atoms with E-state index in [1.54, 1.807) is 12.1 Å². The molecular weight excluding hydrogens is 234 g/mol. The summed E-state index contributed by atoms with van der Waals surface area (Å²) in [4.78, 5) is 20.9. The van der Waals surface area contributed by atoms with Gasteiger partial charge in [-0.15, -0.1) is 0 Å². The lowest BCUT2D eigenvalue weighted by Crippen LogP contribution is -2.03. The molecule has 0 fully saturated rings. The molecule has 0 aliphatic rings. The highest BCUT2D eigenvalue weighted by Crippen LogP contribution is 2.16. The fourth-order valence-electron chi connectivity index (χ4n) is 1.10. The molecular formula is C10H8ClNO4. The molecule has 0 spiro atoms. The lowest BCUT2D eigenvalue weighted by atomic mass is 10.1. The van der Waals surface area contributed by atoms with Gasteiger partial charge in [0.1, 0.15) is 0 Å². The maximum Gasteiger partial charge on any atom is 0.338 e. The van der Waals surface area contributed by atoms with Crippen LogP contribution in [0.5, 0.6) is 0 Å². The Morgan fingerprint density at radius 2 is 2.12 bits per heavy atom. The third-order valence-corrected chi connectivity index (χ3v) is 2.06. The standard InChI is InChI=1S/C10H8ClNO4/c1-16-10(13)8-5-3-2-4-7(8)6-9(11)12(14)15/h2-6H,1H3/b9-6+. The molecule has 16 heavy (non-hydrogen) atoms. The van der Waals surface area contributed by atoms with E-state index in [1.165, 1.54) is 19.2 Å². The maximum absolute atomic E-state index is 11.3. The van der Waals surface area contributed by atoms with Crippen LogP contribution in [0.15, 0.2) is 29.4 Å². The van der Waals surface area contributed by atoms with Gasteiger partial charge in [0.2, 0.25) is 0 Å². The molecule has 0 radical (unpaired) electrons. The Bertz CT molecular complexity index is 456. The van der Waals surface area contributed by atoms with Crippen LogP contribution < -0.4 is 0 Å². The Morgan fingerprint density at radius 1 is 1.50 bits per heavy atom. The largest absolute Gasteiger partial charge is 0.465 e. The van der Waals surface area contributed by atoms with Crippen LogP contribution in [-0.4, -0.2) is 18.0 Å². The number of methoxy groups -OCH3 is 1. The lowest BCUT2D eigenvalue weighted by Gasteiger charge is -2.02. The minimum atomic E-state index is -0.740. The van der Waals surface area contributed by atoms with E-state index < -0.39 is 16.0 Å². The van der Waals surface area contributed by atoms with E-state index in [2.05, 4.69) is 4.74 Å². The van der Waals surface area contributed by atoms with Gasteiger partial charge in [-0.2, -0.15) is 0 Å². The zero-order valence-electron chi connectivity index (χ0n) is 8.34. The molecule has 0 N–H and O–H groups in total. The Kier molecular flexibility index (Phi) is 4.02. The second kappa shape index (κ2) is 5.27. The molecule has 0 saturated carbocycles. The maximum atomic E-state index is 11.3. The van der Waals surface area contributed by atoms with Crippen LogP contribution in [0.2, 0.25) is 0 Å². The summed E-state index contributed by atoms with van der Waals surface area (Å²) in [6, 6.07) is 6.31. The number of carbonyl (C=O) groups is 1. The van der Waals surface area contributed by atoms with Crippen molar-refractivity contribution in [1.82, 2.24) is 0 Å². The van der Waals surface area contributed by atoms with Gasteiger partial charge in [-0.25, -0.2) is 4.79 Å². The summed E-state index contributed by atoms with van der Waals surface area (Å²) in [6.07, 6.45) is 1.10. The molecule has 0 amide bonds. The van der Waals surface area contributed by atoms with E-state index >= 15 is 0 Å². The van der Waals surface area contributed by atoms with Crippen LogP contribution in [0.4, 0.5) is 0 Å². The molecule has 1 aromatic carbocycles. The van der Waals surface area contributed by atoms with Crippen LogP contribution in [0.3, 0.4) is 0 Å². The van der Waals surface area contributed by atoms with Gasteiger partial charge in [-0.3, -0.25) is 10.1 Å². The quantitative estimate of drug-likeness (QED) is 0.352. The van der Waals surface area contributed by atoms with Crippen molar-refractivity contribution in [3.63, 3.8) is 0 Å². The number of carbonyl (C=O) groups excluding carboxylic acids is 1. The van der Waals surface area contributed by atoms with E-state index in [0.717, 1.165) is 6.08 Å². The lowest BCUT2D eigenvalue weighted by molar-refractivity contribution is -0.410. The van der Waals surface area contributed by atoms with Gasteiger partial charge in [-0.1, -0.05) is 18.2 Å². The summed E-state index contributed by atoms with van der Waals surface area (Å²) in [5.74, 6) is -0.570. The summed E-state index contributed by atoms with van der Waals surface area (Å²) >= 11 is 5.38. The summed E-state index contributed by atoms with van der Waals surface area (Å²) in [6.45, 7) is 0. The highest BCUT2D eigenvalue weighted by Gasteiger charge is 2.12. The predicted molar refractivity (Wildman–Crippen MR) is 58.6 cm³/mol. The second-order valence-electron chi connectivity index (χ2n) is 2.80. The van der Waals surface area contributed by atoms with Crippen molar-refractivity contribution in [3.8, 4) is 0 Å². The smallest absolute Gasteiger partial charge is 0.338 e. The molecule has 0 aromatic heterocycles. The monoisotopic (exact) mass is 241 g/mol. The highest BCUT2D eigenvalue weighted by molar-refractivity contribution is 6.30. The van der Waals surface area contributed by atoms with Crippen LogP contribution in [-0.2, 0) is 4.74 Å². The SMILES string of the molecule is COC(=O)c1ccccc1/C=C(\Cl)[N+](=O)[O-]. The zero-order chi connectivity index (χ0) is 12.1. The van der Waals surface area contributed by atoms with Gasteiger partial charge in [-0.05, 0) is 23.2 Å². The molecule has 0 bridgehead atoms. The van der Waals surface area contributed by atoms with Crippen LogP contribution >= 0.6 is 11.6 Å². The molecule has 6 heteroatoms. The fraction of sp³-hybridized carbons (Fsp3) is 0.100. The topological polar surface area (TPSA) is 69.4 Å². The van der Waals surface area contributed by atoms with Gasteiger partial charge in [0.05, 0.1) is 17.6 Å². The Hall–Kier alpha value is -1.88. The molecule has 1 rings (SSSR count). The molecule has 0 atom stereocenters. The predicted octanol–water partition coefficient (Wildman–Crippen LogP) is 2.29. The van der Waals surface area contributed by atoms with Gasteiger partial charge < -0.3 is 4.74 Å². The van der Waals surface area contributed by atoms with E-state index in [0.29, 0.717) is 5.56 Å². The molecule has 0 aliphatic carbocycles. The van der Waals surface area contributed by atoms with Crippen molar-refractivity contribution >= 4 is 23.6 Å². The van der Waals surface area contributed by atoms with E-state index in [1.807, 2.05) is 0 Å². The number of benzene rings is 1. The Labute approximate surface area is 96.4 Å². The molecule has 84 valence electrons. The van der Waals surface area contributed by atoms with Crippen molar-refractivity contribution in [2.75, 3.05) is 7.11 Å². The summed E-state index contributed by atoms with van der Waals surface area (Å²) in [7, 11) is 1.23. The minimum absolute atomic E-state index is 0.227. The molecule has 0 unspecified atom stereocenters. The van der Waals surface area contributed by atoms with Gasteiger partial charge >= 0.3 is 11.1 Å². The molecule has 1 aromatic rings. The van der Waals surface area contributed by atoms with E-state index in [9.17, 15) is 14.9 Å². The first-order valence-electron chi connectivity index (χ1n) is 4.25. The van der Waals surface area contributed by atoms with E-state index in [-0.39, 0.29) is 5.56 Å². The van der Waals surface area contributed by atoms with Crippen molar-refractivity contribution in [1.29, 1.82) is 0 Å². The number of halogens is 1. The highest BCUT2D eigenvalue weighted by atomic mass is 35.5. The van der Waals surface area contributed by atoms with Gasteiger partial charge in [0.25, 0.3) is 0 Å². The van der Waals surface area contributed by atoms with Crippen LogP contribution in [0.25, 0.3) is 6.08 Å². The first kappa shape index (κ1) is 12.2. The summed E-state index contributed by atoms with van der Waals surface area (Å²) in [5, 5.41) is 9.78. The summed E-state index contributed by atoms with van der Waals surface area (Å²) < 4.78 is 4.54. The Balaban J connectivity index is 3.19. The van der Waals surface area contributed by atoms with Crippen molar-refractivity contribution in [2.45, 2.75) is 0 Å². The third-order valence-electron chi connectivity index (χ3n) is 1.82. The van der Waals surface area contributed by atoms with Crippen molar-refractivity contribution in [2.24, 2.45) is 0 Å². The average Bonchev–Trinajstić information content (AvgIpc) is 2.28. The number of hydrogen-bond donors (Lipinski definition) is 0. The number of ether oxygens (including phenoxy) is 1. The first-order chi connectivity index (χ1) is 7.56. The van der Waals surface area contributed by atoms with Gasteiger partial charge in [0.15, 0.2) is 0 Å². The number of rotatable bonds is 3. The number of hydrogen-bond acceptors (Lipinski definition) is 4. The first-order valence-corrected chi connectivity index (χ1v) is 4.63. The minimum Gasteiger partial charge on any atom is -0.465 e. The second-order valence-corrected chi connectivity index (χ2v) is 3.19. The number of esters is 1. The van der Waals surface area contributed by atoms with Crippen molar-refractivity contribution in [3.05, 3.63) is 50.7 Å². The van der Waals surface area contributed by atoms with Gasteiger partial charge in [0, 0.05) is 6.08 Å². The normalized spacial score (nSPS) is 11.0. The number of nitro groups is 1. The number of nitrogens with zero attached hydrogens (tertiary/aromatic N) is 1. The average molecular weight is 242 g/mol. The van der Waals surface area contributed by atoms with Crippen molar-refractivity contribution < 1.29 is 14.5 Å². The third kappa shape index (κ3) is 2.80. The fourth-order valence-corrected chi connectivity index (χ4v) is 1.22. The molecule has 0 aliphatic heterocycles. The summed E-state index contributed by atoms with van der Waals surface area (Å²) in [5.41, 5.74) is 0.570.